The number of hydrogen-bond acceptors (Lipinski definition) is 5. The Labute approximate surface area is 239 Å². The monoisotopic (exact) mass is 644 g/mol. The minimum Gasteiger partial charge on any atom is -0.478 e. The third-order valence-electron chi connectivity index (χ3n) is 6.27. The minimum absolute atomic E-state index is 0.130. The maximum absolute atomic E-state index is 14.4. The maximum Gasteiger partial charge on any atom is 0.399 e. The highest BCUT2D eigenvalue weighted by atomic mass is 79.9. The van der Waals surface area contributed by atoms with Gasteiger partial charge in [0.1, 0.15) is 0 Å². The molecule has 7 nitrogen and oxygen atoms in total. The molecule has 5 rings (SSSR count). The quantitative estimate of drug-likeness (QED) is 0.147. The van der Waals surface area contributed by atoms with E-state index in [0.29, 0.717) is 16.4 Å². The lowest BCUT2D eigenvalue weighted by atomic mass is 10.1. The Morgan fingerprint density at radius 1 is 1.00 bits per heavy atom. The van der Waals surface area contributed by atoms with Crippen molar-refractivity contribution in [3.05, 3.63) is 111 Å². The summed E-state index contributed by atoms with van der Waals surface area (Å²) in [6, 6.07) is 23.8. The summed E-state index contributed by atoms with van der Waals surface area (Å²) in [5, 5.41) is 13.6. The van der Waals surface area contributed by atoms with E-state index in [0.717, 1.165) is 28.1 Å². The summed E-state index contributed by atoms with van der Waals surface area (Å²) in [5.41, 5.74) is -2.21. The third-order valence-corrected chi connectivity index (χ3v) is 8.76. The van der Waals surface area contributed by atoms with E-state index in [1.54, 1.807) is 12.1 Å². The normalized spacial score (nSPS) is 12.0. The van der Waals surface area contributed by atoms with Crippen molar-refractivity contribution >= 4 is 62.4 Å². The highest BCUT2D eigenvalue weighted by Crippen LogP contribution is 2.60. The van der Waals surface area contributed by atoms with Crippen LogP contribution in [0.3, 0.4) is 0 Å². The molecule has 40 heavy (non-hydrogen) atoms. The summed E-state index contributed by atoms with van der Waals surface area (Å²) < 4.78 is 40.1. The van der Waals surface area contributed by atoms with Crippen LogP contribution in [0, 0.1) is 0 Å². The van der Waals surface area contributed by atoms with Gasteiger partial charge in [-0.3, -0.25) is 4.57 Å². The minimum atomic E-state index is -5.73. The molecule has 0 atom stereocenters. The van der Waals surface area contributed by atoms with Crippen LogP contribution in [0.5, 0.6) is 0 Å². The average Bonchev–Trinajstić information content (AvgIpc) is 3.41. The number of fused-ring (bicyclic) bond motifs is 1. The highest BCUT2D eigenvalue weighted by molar-refractivity contribution is 9.10. The Bertz CT molecular complexity index is 1770. The first-order chi connectivity index (χ1) is 19.0. The van der Waals surface area contributed by atoms with Crippen molar-refractivity contribution in [1.82, 2.24) is 4.98 Å². The van der Waals surface area contributed by atoms with E-state index in [9.17, 15) is 33.0 Å². The van der Waals surface area contributed by atoms with E-state index in [4.69, 9.17) is 4.98 Å². The van der Waals surface area contributed by atoms with Crippen LogP contribution in [0.4, 0.5) is 19.6 Å². The number of rotatable bonds is 8. The molecule has 3 N–H and O–H groups in total. The molecule has 0 radical (unpaired) electrons. The van der Waals surface area contributed by atoms with Crippen molar-refractivity contribution in [3.63, 3.8) is 0 Å². The topological polar surface area (TPSA) is 111 Å². The number of carboxylic acids is 1. The fourth-order valence-corrected chi connectivity index (χ4v) is 6.43. The van der Waals surface area contributed by atoms with E-state index >= 15 is 0 Å². The molecule has 0 saturated heterocycles. The van der Waals surface area contributed by atoms with Gasteiger partial charge in [0.25, 0.3) is 0 Å². The van der Waals surface area contributed by atoms with Gasteiger partial charge >= 0.3 is 19.2 Å². The number of hydrogen-bond donors (Lipinski definition) is 3. The molecule has 1 aromatic heterocycles. The van der Waals surface area contributed by atoms with Crippen molar-refractivity contribution in [2.75, 3.05) is 4.90 Å². The second kappa shape index (κ2) is 10.8. The van der Waals surface area contributed by atoms with Crippen molar-refractivity contribution in [2.45, 2.75) is 12.2 Å². The molecule has 0 aliphatic carbocycles. The van der Waals surface area contributed by atoms with Crippen molar-refractivity contribution in [2.24, 2.45) is 0 Å². The van der Waals surface area contributed by atoms with Gasteiger partial charge in [0, 0.05) is 26.4 Å². The van der Waals surface area contributed by atoms with Gasteiger partial charge in [0.15, 0.2) is 5.13 Å². The molecule has 12 heteroatoms. The zero-order valence-corrected chi connectivity index (χ0v) is 23.7. The summed E-state index contributed by atoms with van der Waals surface area (Å²) in [4.78, 5) is 36.3. The molecular formula is C28H20BrF2N2O5PS. The Morgan fingerprint density at radius 2 is 1.70 bits per heavy atom. The summed E-state index contributed by atoms with van der Waals surface area (Å²) in [7, 11) is -5.73. The molecule has 204 valence electrons. The molecule has 0 amide bonds. The van der Waals surface area contributed by atoms with Gasteiger partial charge in [0.05, 0.1) is 23.5 Å². The first-order valence-electron chi connectivity index (χ1n) is 11.7. The molecule has 0 bridgehead atoms. The second-order valence-electron chi connectivity index (χ2n) is 8.88. The number of aromatic nitrogens is 1. The zero-order chi connectivity index (χ0) is 28.7. The maximum atomic E-state index is 14.4. The number of nitrogens with zero attached hydrogens (tertiary/aromatic N) is 2. The number of alkyl halides is 2. The summed E-state index contributed by atoms with van der Waals surface area (Å²) >= 11 is 4.44. The summed E-state index contributed by atoms with van der Waals surface area (Å²) in [6.07, 6.45) is 0. The number of aromatic carboxylic acids is 1. The molecule has 0 fully saturated rings. The highest BCUT2D eigenvalue weighted by Gasteiger charge is 2.51. The fourth-order valence-electron chi connectivity index (χ4n) is 4.24. The van der Waals surface area contributed by atoms with Gasteiger partial charge in [-0.1, -0.05) is 76.6 Å². The lowest BCUT2D eigenvalue weighted by Crippen LogP contribution is -2.18. The Morgan fingerprint density at radius 3 is 2.38 bits per heavy atom. The Kier molecular flexibility index (Phi) is 7.60. The molecular weight excluding hydrogens is 625 g/mol. The second-order valence-corrected chi connectivity index (χ2v) is 12.2. The zero-order valence-electron chi connectivity index (χ0n) is 20.4. The van der Waals surface area contributed by atoms with Gasteiger partial charge in [-0.15, -0.1) is 11.3 Å². The molecule has 0 aliphatic heterocycles. The van der Waals surface area contributed by atoms with Gasteiger partial charge < -0.3 is 19.8 Å². The Balaban J connectivity index is 1.57. The van der Waals surface area contributed by atoms with Gasteiger partial charge in [-0.2, -0.15) is 8.78 Å². The fraction of sp³-hybridized carbons (Fsp3) is 0.0714. The average molecular weight is 645 g/mol. The lowest BCUT2D eigenvalue weighted by molar-refractivity contribution is 0.0557. The van der Waals surface area contributed by atoms with E-state index in [1.807, 2.05) is 52.7 Å². The SMILES string of the molecule is O=C(O)c1ccc(-c2csc(N(Cc3ccc(C(F)(F)P(=O)(O)O)c(Br)c3)c3cccc4ccccc34)n2)cc1. The smallest absolute Gasteiger partial charge is 0.399 e. The Hall–Kier alpha value is -3.47. The third kappa shape index (κ3) is 5.43. The largest absolute Gasteiger partial charge is 0.478 e. The summed E-state index contributed by atoms with van der Waals surface area (Å²) in [5.74, 6) is -1.02. The molecule has 0 unspecified atom stereocenters. The van der Waals surface area contributed by atoms with Gasteiger partial charge in [-0.05, 0) is 35.2 Å². The van der Waals surface area contributed by atoms with Gasteiger partial charge in [0.2, 0.25) is 0 Å². The van der Waals surface area contributed by atoms with E-state index in [-0.39, 0.29) is 16.6 Å². The van der Waals surface area contributed by atoms with Crippen molar-refractivity contribution in [3.8, 4) is 11.3 Å². The molecule has 0 saturated carbocycles. The number of carbonyl (C=O) groups is 1. The van der Waals surface area contributed by atoms with Crippen LogP contribution in [0.1, 0.15) is 21.5 Å². The lowest BCUT2D eigenvalue weighted by Gasteiger charge is -2.25. The van der Waals surface area contributed by atoms with Crippen LogP contribution >= 0.6 is 34.9 Å². The van der Waals surface area contributed by atoms with Crippen LogP contribution in [-0.2, 0) is 16.8 Å². The van der Waals surface area contributed by atoms with Crippen LogP contribution in [0.25, 0.3) is 22.0 Å². The number of anilines is 2. The predicted molar refractivity (Wildman–Crippen MR) is 154 cm³/mol. The molecule has 1 heterocycles. The van der Waals surface area contributed by atoms with E-state index in [1.165, 1.54) is 35.6 Å². The van der Waals surface area contributed by atoms with Crippen molar-refractivity contribution < 1.29 is 33.0 Å². The van der Waals surface area contributed by atoms with E-state index < -0.39 is 24.8 Å². The van der Waals surface area contributed by atoms with Crippen LogP contribution < -0.4 is 4.90 Å². The molecule has 4 aromatic carbocycles. The summed E-state index contributed by atoms with van der Waals surface area (Å²) in [6.45, 7) is 0.208. The number of thiazole rings is 1. The van der Waals surface area contributed by atoms with Crippen LogP contribution in [0.2, 0.25) is 0 Å². The number of benzene rings is 4. The first-order valence-corrected chi connectivity index (χ1v) is 15.0. The number of carboxylic acid groups (broad SMARTS) is 1. The predicted octanol–water partition coefficient (Wildman–Crippen LogP) is 7.99. The molecule has 0 spiro atoms. The van der Waals surface area contributed by atoms with E-state index in [2.05, 4.69) is 15.9 Å². The van der Waals surface area contributed by atoms with Crippen molar-refractivity contribution in [1.29, 1.82) is 0 Å². The molecule has 0 aliphatic rings. The number of halogens is 3. The standard InChI is InChI=1S/C28H20BrF2N2O5PS/c29-23-14-17(8-13-22(23)28(30,31)39(36,37)38)15-33(25-7-3-5-18-4-1-2-6-21(18)25)27-32-24(16-40-27)19-9-11-20(12-10-19)26(34)35/h1-14,16H,15H2,(H,34,35)(H2,36,37,38). The van der Waals surface area contributed by atoms with Gasteiger partial charge in [-0.25, -0.2) is 9.78 Å². The van der Waals surface area contributed by atoms with Crippen LogP contribution in [-0.4, -0.2) is 25.8 Å². The van der Waals surface area contributed by atoms with Crippen LogP contribution in [0.15, 0.2) is 94.8 Å². The first kappa shape index (κ1) is 28.1. The molecule has 5 aromatic rings.